The molecule has 2 aromatic heterocycles. The molecule has 0 fully saturated rings. The van der Waals surface area contributed by atoms with Crippen LogP contribution in [0.5, 0.6) is 0 Å². The Morgan fingerprint density at radius 3 is 1.50 bits per heavy atom. The van der Waals surface area contributed by atoms with Gasteiger partial charge in [0.2, 0.25) is 0 Å². The van der Waals surface area contributed by atoms with Gasteiger partial charge in [0, 0.05) is 23.6 Å². The van der Waals surface area contributed by atoms with E-state index in [9.17, 15) is 0 Å². The molecule has 2 aliphatic heterocycles. The zero-order valence-electron chi connectivity index (χ0n) is 17.5. The highest BCUT2D eigenvalue weighted by molar-refractivity contribution is 7.99. The molecule has 0 saturated carbocycles. The van der Waals surface area contributed by atoms with Gasteiger partial charge in [0.1, 0.15) is 0 Å². The summed E-state index contributed by atoms with van der Waals surface area (Å²) in [5.74, 6) is 0. The van der Waals surface area contributed by atoms with Crippen LogP contribution in [0.4, 0.5) is 0 Å². The zero-order chi connectivity index (χ0) is 21.1. The van der Waals surface area contributed by atoms with Crippen LogP contribution in [0, 0.1) is 0 Å². The number of imidazole rings is 2. The van der Waals surface area contributed by atoms with Gasteiger partial charge in [-0.1, -0.05) is 72.1 Å². The lowest BCUT2D eigenvalue weighted by Gasteiger charge is -2.25. The second-order valence-corrected chi connectivity index (χ2v) is 10.9. The van der Waals surface area contributed by atoms with E-state index in [-0.39, 0.29) is 0 Å². The lowest BCUT2D eigenvalue weighted by Crippen LogP contribution is -2.12. The van der Waals surface area contributed by atoms with Gasteiger partial charge in [0.25, 0.3) is 0 Å². The van der Waals surface area contributed by atoms with Crippen LogP contribution in [0.1, 0.15) is 34.5 Å². The van der Waals surface area contributed by atoms with Crippen LogP contribution in [0.25, 0.3) is 22.1 Å². The van der Waals surface area contributed by atoms with Gasteiger partial charge < -0.3 is 9.13 Å². The fourth-order valence-electron chi connectivity index (χ4n) is 4.98. The highest BCUT2D eigenvalue weighted by Gasteiger charge is 2.26. The lowest BCUT2D eigenvalue weighted by atomic mass is 10.0. The molecule has 0 N–H and O–H groups in total. The minimum atomic E-state index is 0.469. The molecule has 7 rings (SSSR count). The van der Waals surface area contributed by atoms with E-state index in [1.807, 2.05) is 23.5 Å². The van der Waals surface area contributed by atoms with E-state index >= 15 is 0 Å². The van der Waals surface area contributed by atoms with Crippen molar-refractivity contribution in [3.05, 3.63) is 83.9 Å². The monoisotopic (exact) mass is 454 g/mol. The second kappa shape index (κ2) is 7.42. The molecule has 0 radical (unpaired) electrons. The first-order valence-corrected chi connectivity index (χ1v) is 12.9. The van der Waals surface area contributed by atoms with E-state index in [1.54, 1.807) is 0 Å². The van der Waals surface area contributed by atoms with Crippen molar-refractivity contribution in [2.24, 2.45) is 0 Å². The molecule has 2 aliphatic rings. The third kappa shape index (κ3) is 3.00. The molecule has 0 bridgehead atoms. The van der Waals surface area contributed by atoms with E-state index in [2.05, 4.69) is 81.9 Å². The molecule has 0 aliphatic carbocycles. The first-order chi connectivity index (χ1) is 15.8. The van der Waals surface area contributed by atoms with Crippen LogP contribution >= 0.6 is 23.5 Å². The summed E-state index contributed by atoms with van der Waals surface area (Å²) in [5.41, 5.74) is 7.53. The van der Waals surface area contributed by atoms with E-state index in [0.29, 0.717) is 10.5 Å². The van der Waals surface area contributed by atoms with Gasteiger partial charge in [-0.15, -0.1) is 0 Å². The second-order valence-electron chi connectivity index (χ2n) is 8.53. The minimum absolute atomic E-state index is 0.469. The van der Waals surface area contributed by atoms with Crippen LogP contribution in [0.2, 0.25) is 0 Å². The van der Waals surface area contributed by atoms with Crippen molar-refractivity contribution >= 4 is 45.6 Å². The van der Waals surface area contributed by atoms with Gasteiger partial charge in [-0.3, -0.25) is 0 Å². The maximum absolute atomic E-state index is 4.87. The maximum atomic E-state index is 4.87. The number of nitrogens with zero attached hydrogens (tertiary/aromatic N) is 4. The zero-order valence-corrected chi connectivity index (χ0v) is 19.1. The fraction of sp³-hybridized carbons (Fsp3) is 0.231. The smallest absolute Gasteiger partial charge is 0.169 e. The fourth-order valence-corrected chi connectivity index (χ4v) is 7.46. The number of aromatic nitrogens is 4. The molecule has 5 aromatic rings. The number of hydrogen-bond donors (Lipinski definition) is 0. The topological polar surface area (TPSA) is 35.6 Å². The lowest BCUT2D eigenvalue weighted by molar-refractivity contribution is 0.576. The summed E-state index contributed by atoms with van der Waals surface area (Å²) in [4.78, 5) is 9.75. The Morgan fingerprint density at radius 2 is 1.03 bits per heavy atom. The van der Waals surface area contributed by atoms with Crippen molar-refractivity contribution in [2.45, 2.75) is 46.7 Å². The summed E-state index contributed by atoms with van der Waals surface area (Å²) in [5, 5.41) is 3.23. The van der Waals surface area contributed by atoms with Gasteiger partial charge in [0.05, 0.1) is 22.1 Å². The largest absolute Gasteiger partial charge is 0.319 e. The normalized spacial score (nSPS) is 20.4. The van der Waals surface area contributed by atoms with Gasteiger partial charge in [0.15, 0.2) is 10.3 Å². The van der Waals surface area contributed by atoms with E-state index in [0.717, 1.165) is 47.3 Å². The van der Waals surface area contributed by atoms with Gasteiger partial charge in [-0.2, -0.15) is 0 Å². The molecule has 6 heteroatoms. The third-order valence-corrected chi connectivity index (χ3v) is 9.27. The van der Waals surface area contributed by atoms with Gasteiger partial charge >= 0.3 is 0 Å². The molecule has 2 atom stereocenters. The molecule has 0 saturated heterocycles. The van der Waals surface area contributed by atoms with Crippen LogP contribution < -0.4 is 0 Å². The summed E-state index contributed by atoms with van der Waals surface area (Å²) < 4.78 is 4.74. The highest BCUT2D eigenvalue weighted by Crippen LogP contribution is 2.45. The number of rotatable bonds is 2. The molecule has 32 heavy (non-hydrogen) atoms. The Bertz CT molecular complexity index is 1340. The SMILES string of the molecule is c1ccc2c(c1)nc1n2CCC(c2ccc(C3CCn4c(nc5ccccc54)S3)cc2)S1. The summed E-state index contributed by atoms with van der Waals surface area (Å²) in [6, 6.07) is 26.3. The third-order valence-electron chi connectivity index (χ3n) is 6.64. The van der Waals surface area contributed by atoms with E-state index in [1.165, 1.54) is 22.2 Å². The van der Waals surface area contributed by atoms with Crippen molar-refractivity contribution in [1.29, 1.82) is 0 Å². The van der Waals surface area contributed by atoms with Crippen molar-refractivity contribution in [3.8, 4) is 0 Å². The number of hydrogen-bond acceptors (Lipinski definition) is 4. The number of thioether (sulfide) groups is 2. The van der Waals surface area contributed by atoms with Gasteiger partial charge in [-0.05, 0) is 48.2 Å². The molecule has 3 aromatic carbocycles. The van der Waals surface area contributed by atoms with Crippen LogP contribution in [-0.2, 0) is 13.1 Å². The minimum Gasteiger partial charge on any atom is -0.319 e. The number of para-hydroxylation sites is 4. The first kappa shape index (κ1) is 18.8. The van der Waals surface area contributed by atoms with Crippen LogP contribution in [-0.4, -0.2) is 19.1 Å². The van der Waals surface area contributed by atoms with Crippen LogP contribution in [0.15, 0.2) is 83.1 Å². The van der Waals surface area contributed by atoms with Gasteiger partial charge in [-0.25, -0.2) is 9.97 Å². The van der Waals surface area contributed by atoms with E-state index in [4.69, 9.17) is 9.97 Å². The Hall–Kier alpha value is -2.70. The molecule has 0 spiro atoms. The molecule has 4 nitrogen and oxygen atoms in total. The standard InChI is InChI=1S/C26H22N4S2/c1-3-7-21-19(5-1)27-25-29(21)15-13-23(31-25)17-9-11-18(12-10-17)24-14-16-30-22-8-4-2-6-20(22)28-26(30)32-24/h1-12,23-24H,13-16H2. The number of aryl methyl sites for hydroxylation is 2. The summed E-state index contributed by atoms with van der Waals surface area (Å²) in [6.07, 6.45) is 2.28. The Morgan fingerprint density at radius 1 is 0.594 bits per heavy atom. The Balaban J connectivity index is 1.12. The predicted octanol–water partition coefficient (Wildman–Crippen LogP) is 6.86. The van der Waals surface area contributed by atoms with Crippen molar-refractivity contribution in [3.63, 3.8) is 0 Å². The average molecular weight is 455 g/mol. The Kier molecular flexibility index (Phi) is 4.37. The molecule has 0 amide bonds. The summed E-state index contributed by atoms with van der Waals surface area (Å²) in [7, 11) is 0. The molecular formula is C26H22N4S2. The predicted molar refractivity (Wildman–Crippen MR) is 132 cm³/mol. The highest BCUT2D eigenvalue weighted by atomic mass is 32.2. The number of fused-ring (bicyclic) bond motifs is 6. The number of benzene rings is 3. The average Bonchev–Trinajstić information content (AvgIpc) is 3.41. The van der Waals surface area contributed by atoms with Crippen molar-refractivity contribution in [2.75, 3.05) is 0 Å². The molecule has 158 valence electrons. The van der Waals surface area contributed by atoms with Crippen molar-refractivity contribution < 1.29 is 0 Å². The molecule has 2 unspecified atom stereocenters. The summed E-state index contributed by atoms with van der Waals surface area (Å²) >= 11 is 3.81. The summed E-state index contributed by atoms with van der Waals surface area (Å²) in [6.45, 7) is 2.06. The maximum Gasteiger partial charge on any atom is 0.169 e. The van der Waals surface area contributed by atoms with Crippen LogP contribution in [0.3, 0.4) is 0 Å². The molecule has 4 heterocycles. The quantitative estimate of drug-likeness (QED) is 0.292. The first-order valence-electron chi connectivity index (χ1n) is 11.2. The Labute approximate surface area is 195 Å². The molecular weight excluding hydrogens is 432 g/mol. The van der Waals surface area contributed by atoms with E-state index < -0.39 is 0 Å². The van der Waals surface area contributed by atoms with Crippen molar-refractivity contribution in [1.82, 2.24) is 19.1 Å².